The third-order valence-corrected chi connectivity index (χ3v) is 6.57. The molecule has 2 heterocycles. The first-order valence-corrected chi connectivity index (χ1v) is 9.99. The first-order valence-electron chi connectivity index (χ1n) is 8.55. The molecule has 3 rings (SSSR count). The first-order chi connectivity index (χ1) is 12.0. The van der Waals surface area contributed by atoms with Crippen LogP contribution in [0.1, 0.15) is 25.6 Å². The number of rotatable bonds is 6. The lowest BCUT2D eigenvalue weighted by Gasteiger charge is -2.31. The number of methoxy groups -OCH3 is 1. The van der Waals surface area contributed by atoms with Crippen LogP contribution in [0.15, 0.2) is 35.5 Å². The van der Waals surface area contributed by atoms with E-state index in [-0.39, 0.29) is 5.92 Å². The maximum Gasteiger partial charge on any atom is 0.243 e. The van der Waals surface area contributed by atoms with Gasteiger partial charge in [-0.2, -0.15) is 4.31 Å². The van der Waals surface area contributed by atoms with Crippen LogP contribution in [-0.4, -0.2) is 47.7 Å². The van der Waals surface area contributed by atoms with E-state index in [2.05, 4.69) is 10.2 Å². The summed E-state index contributed by atoms with van der Waals surface area (Å²) >= 11 is 0. The van der Waals surface area contributed by atoms with E-state index in [0.29, 0.717) is 23.7 Å². The van der Waals surface area contributed by atoms with Crippen LogP contribution in [0.25, 0.3) is 0 Å². The van der Waals surface area contributed by atoms with Crippen molar-refractivity contribution in [2.24, 2.45) is 5.92 Å². The minimum Gasteiger partial charge on any atom is -0.497 e. The fraction of sp³-hybridized carbons (Fsp3) is 0.529. The number of hydrogen-bond acceptors (Lipinski definition) is 5. The first kappa shape index (κ1) is 17.9. The van der Waals surface area contributed by atoms with Gasteiger partial charge in [-0.3, -0.25) is 0 Å². The van der Waals surface area contributed by atoms with Crippen LogP contribution in [-0.2, 0) is 23.0 Å². The van der Waals surface area contributed by atoms with E-state index in [1.54, 1.807) is 42.0 Å². The van der Waals surface area contributed by atoms with Gasteiger partial charge in [-0.15, -0.1) is 10.2 Å². The molecule has 1 atom stereocenters. The number of nitrogens with zero attached hydrogens (tertiary/aromatic N) is 4. The van der Waals surface area contributed by atoms with Crippen molar-refractivity contribution < 1.29 is 13.2 Å². The summed E-state index contributed by atoms with van der Waals surface area (Å²) in [7, 11) is -1.92. The number of piperidine rings is 1. The van der Waals surface area contributed by atoms with Crippen LogP contribution in [0.4, 0.5) is 0 Å². The second-order valence-corrected chi connectivity index (χ2v) is 8.22. The number of aromatic nitrogens is 3. The molecule has 25 heavy (non-hydrogen) atoms. The van der Waals surface area contributed by atoms with Gasteiger partial charge in [0.2, 0.25) is 10.0 Å². The minimum absolute atomic E-state index is 0.260. The Labute approximate surface area is 148 Å². The predicted octanol–water partition coefficient (Wildman–Crippen LogP) is 1.95. The van der Waals surface area contributed by atoms with Gasteiger partial charge in [-0.05, 0) is 49.9 Å². The van der Waals surface area contributed by atoms with Crippen molar-refractivity contribution in [3.05, 3.63) is 36.4 Å². The van der Waals surface area contributed by atoms with Crippen molar-refractivity contribution in [2.45, 2.75) is 37.6 Å². The summed E-state index contributed by atoms with van der Waals surface area (Å²) < 4.78 is 34.5. The quantitative estimate of drug-likeness (QED) is 0.783. The molecule has 2 aromatic rings. The third-order valence-electron chi connectivity index (χ3n) is 4.69. The highest BCUT2D eigenvalue weighted by Gasteiger charge is 2.31. The van der Waals surface area contributed by atoms with Crippen LogP contribution in [0.3, 0.4) is 0 Å². The van der Waals surface area contributed by atoms with Gasteiger partial charge in [-0.1, -0.05) is 0 Å². The van der Waals surface area contributed by atoms with Crippen LogP contribution in [0.2, 0.25) is 0 Å². The van der Waals surface area contributed by atoms with E-state index in [0.717, 1.165) is 31.6 Å². The number of ether oxygens (including phenoxy) is 1. The monoisotopic (exact) mass is 364 g/mol. The van der Waals surface area contributed by atoms with Gasteiger partial charge in [0, 0.05) is 26.1 Å². The summed E-state index contributed by atoms with van der Waals surface area (Å²) in [6.07, 6.45) is 4.35. The summed E-state index contributed by atoms with van der Waals surface area (Å²) in [5, 5.41) is 8.14. The zero-order valence-electron chi connectivity index (χ0n) is 14.6. The lowest BCUT2D eigenvalue weighted by Crippen LogP contribution is -2.40. The van der Waals surface area contributed by atoms with Crippen molar-refractivity contribution in [3.8, 4) is 5.75 Å². The van der Waals surface area contributed by atoms with Crippen LogP contribution in [0.5, 0.6) is 5.75 Å². The van der Waals surface area contributed by atoms with E-state index in [1.165, 1.54) is 0 Å². The predicted molar refractivity (Wildman–Crippen MR) is 93.9 cm³/mol. The molecule has 136 valence electrons. The number of benzene rings is 1. The zero-order chi connectivity index (χ0) is 17.9. The molecule has 8 heteroatoms. The lowest BCUT2D eigenvalue weighted by atomic mass is 9.96. The van der Waals surface area contributed by atoms with Gasteiger partial charge in [-0.25, -0.2) is 8.42 Å². The highest BCUT2D eigenvalue weighted by atomic mass is 32.2. The summed E-state index contributed by atoms with van der Waals surface area (Å²) in [5.74, 6) is 1.84. The van der Waals surface area contributed by atoms with Crippen molar-refractivity contribution in [1.29, 1.82) is 0 Å². The third kappa shape index (κ3) is 3.85. The van der Waals surface area contributed by atoms with Crippen LogP contribution >= 0.6 is 0 Å². The Bertz CT molecular complexity index is 802. The van der Waals surface area contributed by atoms with Crippen molar-refractivity contribution in [1.82, 2.24) is 19.1 Å². The van der Waals surface area contributed by atoms with Crippen molar-refractivity contribution >= 4 is 10.0 Å². The van der Waals surface area contributed by atoms with Gasteiger partial charge < -0.3 is 9.30 Å². The molecule has 0 N–H and O–H groups in total. The highest BCUT2D eigenvalue weighted by molar-refractivity contribution is 7.89. The summed E-state index contributed by atoms with van der Waals surface area (Å²) in [5.41, 5.74) is 0. The molecule has 1 aromatic heterocycles. The summed E-state index contributed by atoms with van der Waals surface area (Å²) in [6, 6.07) is 6.56. The molecular weight excluding hydrogens is 340 g/mol. The molecule has 0 amide bonds. The molecule has 1 aromatic carbocycles. The molecule has 1 saturated heterocycles. The standard InChI is InChI=1S/C17H24N4O3S/c1-3-20-13-18-19-17(20)11-14-5-4-10-21(12-14)25(22,23)16-8-6-15(24-2)7-9-16/h6-9,13-14H,3-5,10-12H2,1-2H3. The Morgan fingerprint density at radius 2 is 2.04 bits per heavy atom. The Kier molecular flexibility index (Phi) is 5.39. The van der Waals surface area contributed by atoms with Gasteiger partial charge in [0.25, 0.3) is 0 Å². The maximum absolute atomic E-state index is 12.9. The van der Waals surface area contributed by atoms with E-state index >= 15 is 0 Å². The molecule has 0 spiro atoms. The number of hydrogen-bond donors (Lipinski definition) is 0. The van der Waals surface area contributed by atoms with E-state index in [4.69, 9.17) is 4.74 Å². The number of aryl methyl sites for hydroxylation is 1. The normalized spacial score (nSPS) is 19.0. The topological polar surface area (TPSA) is 77.3 Å². The average Bonchev–Trinajstić information content (AvgIpc) is 3.09. The van der Waals surface area contributed by atoms with E-state index in [1.807, 2.05) is 11.5 Å². The molecule has 0 aliphatic carbocycles. The van der Waals surface area contributed by atoms with Crippen LogP contribution in [0, 0.1) is 5.92 Å². The average molecular weight is 364 g/mol. The Hall–Kier alpha value is -1.93. The molecule has 0 bridgehead atoms. The van der Waals surface area contributed by atoms with Gasteiger partial charge >= 0.3 is 0 Å². The molecule has 1 fully saturated rings. The highest BCUT2D eigenvalue weighted by Crippen LogP contribution is 2.26. The molecule has 7 nitrogen and oxygen atoms in total. The minimum atomic E-state index is -3.48. The second-order valence-electron chi connectivity index (χ2n) is 6.28. The van der Waals surface area contributed by atoms with Crippen LogP contribution < -0.4 is 4.74 Å². The molecule has 1 unspecified atom stereocenters. The molecular formula is C17H24N4O3S. The SMILES string of the molecule is CCn1cnnc1CC1CCCN(S(=O)(=O)c2ccc(OC)cc2)C1. The zero-order valence-corrected chi connectivity index (χ0v) is 15.4. The molecule has 0 saturated carbocycles. The fourth-order valence-electron chi connectivity index (χ4n) is 3.27. The Morgan fingerprint density at radius 1 is 1.28 bits per heavy atom. The summed E-state index contributed by atoms with van der Waals surface area (Å²) in [4.78, 5) is 0.311. The van der Waals surface area contributed by atoms with Gasteiger partial charge in [0.1, 0.15) is 17.9 Å². The van der Waals surface area contributed by atoms with Crippen molar-refractivity contribution in [2.75, 3.05) is 20.2 Å². The van der Waals surface area contributed by atoms with E-state index < -0.39 is 10.0 Å². The molecule has 1 aliphatic heterocycles. The molecule has 1 aliphatic rings. The maximum atomic E-state index is 12.9. The van der Waals surface area contributed by atoms with Crippen molar-refractivity contribution in [3.63, 3.8) is 0 Å². The summed E-state index contributed by atoms with van der Waals surface area (Å²) in [6.45, 7) is 3.95. The Balaban J connectivity index is 1.73. The smallest absolute Gasteiger partial charge is 0.243 e. The molecule has 0 radical (unpaired) electrons. The van der Waals surface area contributed by atoms with Gasteiger partial charge in [0.05, 0.1) is 12.0 Å². The second kappa shape index (κ2) is 7.53. The van der Waals surface area contributed by atoms with Gasteiger partial charge in [0.15, 0.2) is 0 Å². The Morgan fingerprint density at radius 3 is 2.72 bits per heavy atom. The largest absolute Gasteiger partial charge is 0.497 e. The fourth-order valence-corrected chi connectivity index (χ4v) is 4.82. The van der Waals surface area contributed by atoms with E-state index in [9.17, 15) is 8.42 Å². The number of sulfonamides is 1. The lowest BCUT2D eigenvalue weighted by molar-refractivity contribution is 0.261.